The molecule has 1 atom stereocenters. The molecule has 1 aliphatic rings. The van der Waals surface area contributed by atoms with Gasteiger partial charge in [-0.3, -0.25) is 0 Å². The number of hydrogen-bond donors (Lipinski definition) is 2. The van der Waals surface area contributed by atoms with Gasteiger partial charge >= 0.3 is 0 Å². The van der Waals surface area contributed by atoms with Crippen molar-refractivity contribution in [2.45, 2.75) is 52.0 Å². The van der Waals surface area contributed by atoms with Crippen LogP contribution >= 0.6 is 0 Å². The van der Waals surface area contributed by atoms with Gasteiger partial charge in [-0.15, -0.1) is 0 Å². The van der Waals surface area contributed by atoms with Gasteiger partial charge in [-0.05, 0) is 38.8 Å². The molecule has 0 saturated carbocycles. The van der Waals surface area contributed by atoms with Gasteiger partial charge in [0.1, 0.15) is 0 Å². The van der Waals surface area contributed by atoms with Gasteiger partial charge in [-0.25, -0.2) is 0 Å². The molecular formula is C10H24N2. The lowest BCUT2D eigenvalue weighted by Gasteiger charge is -2.27. The lowest BCUT2D eigenvalue weighted by molar-refractivity contribution is 0.341. The van der Waals surface area contributed by atoms with Gasteiger partial charge in [0, 0.05) is 5.54 Å². The van der Waals surface area contributed by atoms with E-state index in [4.69, 9.17) is 5.73 Å². The van der Waals surface area contributed by atoms with Crippen molar-refractivity contribution in [3.63, 3.8) is 0 Å². The Balaban J connectivity index is 0.000000561. The van der Waals surface area contributed by atoms with Crippen LogP contribution in [0.5, 0.6) is 0 Å². The van der Waals surface area contributed by atoms with Crippen LogP contribution in [-0.2, 0) is 0 Å². The Morgan fingerprint density at radius 3 is 2.42 bits per heavy atom. The van der Waals surface area contributed by atoms with Crippen molar-refractivity contribution >= 4 is 0 Å². The summed E-state index contributed by atoms with van der Waals surface area (Å²) >= 11 is 0. The summed E-state index contributed by atoms with van der Waals surface area (Å²) in [5.74, 6) is 0. The Bertz CT molecular complexity index is 96.0. The molecule has 0 aromatic heterocycles. The van der Waals surface area contributed by atoms with Crippen molar-refractivity contribution in [2.75, 3.05) is 13.1 Å². The predicted molar refractivity (Wildman–Crippen MR) is 55.3 cm³/mol. The van der Waals surface area contributed by atoms with E-state index in [9.17, 15) is 0 Å². The van der Waals surface area contributed by atoms with Crippen LogP contribution in [0.25, 0.3) is 0 Å². The van der Waals surface area contributed by atoms with Crippen LogP contribution in [0.1, 0.15) is 46.5 Å². The molecule has 12 heavy (non-hydrogen) atoms. The maximum absolute atomic E-state index is 5.53. The van der Waals surface area contributed by atoms with Gasteiger partial charge in [0.15, 0.2) is 0 Å². The monoisotopic (exact) mass is 172 g/mol. The molecule has 1 saturated heterocycles. The molecule has 0 spiro atoms. The number of rotatable bonds is 3. The van der Waals surface area contributed by atoms with Crippen LogP contribution in [0.4, 0.5) is 0 Å². The first-order chi connectivity index (χ1) is 5.83. The highest BCUT2D eigenvalue weighted by Gasteiger charge is 2.29. The molecule has 1 rings (SSSR count). The minimum absolute atomic E-state index is 0.411. The fourth-order valence-corrected chi connectivity index (χ4v) is 1.84. The highest BCUT2D eigenvalue weighted by atomic mass is 15.0. The summed E-state index contributed by atoms with van der Waals surface area (Å²) in [5, 5.41) is 3.54. The molecular weight excluding hydrogens is 148 g/mol. The van der Waals surface area contributed by atoms with Crippen LogP contribution < -0.4 is 11.1 Å². The molecule has 1 aliphatic heterocycles. The zero-order chi connectivity index (χ0) is 9.45. The Kier molecular flexibility index (Phi) is 6.39. The molecule has 1 unspecified atom stereocenters. The van der Waals surface area contributed by atoms with Crippen molar-refractivity contribution in [2.24, 2.45) is 5.73 Å². The SMILES string of the molecule is CC.CCC1(CCN)CCCN1. The van der Waals surface area contributed by atoms with Gasteiger partial charge < -0.3 is 11.1 Å². The molecule has 1 heterocycles. The van der Waals surface area contributed by atoms with E-state index < -0.39 is 0 Å². The summed E-state index contributed by atoms with van der Waals surface area (Å²) in [6, 6.07) is 0. The maximum Gasteiger partial charge on any atom is 0.0191 e. The lowest BCUT2D eigenvalue weighted by Crippen LogP contribution is -2.40. The van der Waals surface area contributed by atoms with E-state index in [2.05, 4.69) is 12.2 Å². The summed E-state index contributed by atoms with van der Waals surface area (Å²) in [6.07, 6.45) is 5.02. The first-order valence-electron chi connectivity index (χ1n) is 5.28. The smallest absolute Gasteiger partial charge is 0.0191 e. The van der Waals surface area contributed by atoms with Crippen LogP contribution in [0.3, 0.4) is 0 Å². The van der Waals surface area contributed by atoms with Crippen LogP contribution in [0.2, 0.25) is 0 Å². The minimum atomic E-state index is 0.411. The van der Waals surface area contributed by atoms with E-state index in [-0.39, 0.29) is 0 Å². The van der Waals surface area contributed by atoms with Crippen molar-refractivity contribution < 1.29 is 0 Å². The standard InChI is InChI=1S/C8H18N2.C2H6/c1-2-8(5-6-9)4-3-7-10-8;1-2/h10H,2-7,9H2,1H3;1-2H3. The second kappa shape index (κ2) is 6.44. The van der Waals surface area contributed by atoms with Crippen LogP contribution in [0.15, 0.2) is 0 Å². The molecule has 2 nitrogen and oxygen atoms in total. The third-order valence-electron chi connectivity index (χ3n) is 2.63. The largest absolute Gasteiger partial charge is 0.330 e. The normalized spacial score (nSPS) is 28.0. The van der Waals surface area contributed by atoms with Gasteiger partial charge in [0.25, 0.3) is 0 Å². The third kappa shape index (κ3) is 3.11. The summed E-state index contributed by atoms with van der Waals surface area (Å²) in [6.45, 7) is 8.25. The topological polar surface area (TPSA) is 38.0 Å². The average Bonchev–Trinajstić information content (AvgIpc) is 2.58. The van der Waals surface area contributed by atoms with E-state index in [1.165, 1.54) is 25.8 Å². The van der Waals surface area contributed by atoms with E-state index in [1.54, 1.807) is 0 Å². The van der Waals surface area contributed by atoms with Crippen molar-refractivity contribution in [1.29, 1.82) is 0 Å². The molecule has 74 valence electrons. The van der Waals surface area contributed by atoms with Gasteiger partial charge in [0.05, 0.1) is 0 Å². The quantitative estimate of drug-likeness (QED) is 0.682. The predicted octanol–water partition coefficient (Wildman–Crippen LogP) is 1.89. The molecule has 1 fully saturated rings. The molecule has 0 aromatic carbocycles. The fourth-order valence-electron chi connectivity index (χ4n) is 1.84. The van der Waals surface area contributed by atoms with E-state index >= 15 is 0 Å². The van der Waals surface area contributed by atoms with Crippen LogP contribution in [0, 0.1) is 0 Å². The Labute approximate surface area is 76.9 Å². The van der Waals surface area contributed by atoms with Crippen LogP contribution in [-0.4, -0.2) is 18.6 Å². The minimum Gasteiger partial charge on any atom is -0.330 e. The average molecular weight is 172 g/mol. The summed E-state index contributed by atoms with van der Waals surface area (Å²) in [5.41, 5.74) is 5.94. The van der Waals surface area contributed by atoms with Gasteiger partial charge in [0.2, 0.25) is 0 Å². The first-order valence-corrected chi connectivity index (χ1v) is 5.28. The molecule has 2 heteroatoms. The second-order valence-electron chi connectivity index (χ2n) is 3.20. The van der Waals surface area contributed by atoms with E-state index in [1.807, 2.05) is 13.8 Å². The van der Waals surface area contributed by atoms with Crippen molar-refractivity contribution in [3.05, 3.63) is 0 Å². The molecule has 0 aromatic rings. The van der Waals surface area contributed by atoms with Crippen molar-refractivity contribution in [1.82, 2.24) is 5.32 Å². The van der Waals surface area contributed by atoms with E-state index in [0.717, 1.165) is 13.0 Å². The van der Waals surface area contributed by atoms with Gasteiger partial charge in [-0.1, -0.05) is 20.8 Å². The highest BCUT2D eigenvalue weighted by molar-refractivity contribution is 4.91. The molecule has 0 amide bonds. The molecule has 0 aliphatic carbocycles. The lowest BCUT2D eigenvalue weighted by atomic mass is 9.90. The number of nitrogens with one attached hydrogen (secondary N) is 1. The Morgan fingerprint density at radius 1 is 1.42 bits per heavy atom. The summed E-state index contributed by atoms with van der Waals surface area (Å²) in [4.78, 5) is 0. The molecule has 0 radical (unpaired) electrons. The Morgan fingerprint density at radius 2 is 2.08 bits per heavy atom. The number of nitrogens with two attached hydrogens (primary N) is 1. The fraction of sp³-hybridized carbons (Fsp3) is 1.00. The zero-order valence-corrected chi connectivity index (χ0v) is 8.82. The third-order valence-corrected chi connectivity index (χ3v) is 2.63. The van der Waals surface area contributed by atoms with Gasteiger partial charge in [-0.2, -0.15) is 0 Å². The highest BCUT2D eigenvalue weighted by Crippen LogP contribution is 2.25. The zero-order valence-electron chi connectivity index (χ0n) is 8.82. The summed E-state index contributed by atoms with van der Waals surface area (Å²) in [7, 11) is 0. The second-order valence-corrected chi connectivity index (χ2v) is 3.20. The molecule has 0 bridgehead atoms. The van der Waals surface area contributed by atoms with E-state index in [0.29, 0.717) is 5.54 Å². The number of hydrogen-bond acceptors (Lipinski definition) is 2. The Hall–Kier alpha value is -0.0800. The first kappa shape index (κ1) is 11.9. The summed E-state index contributed by atoms with van der Waals surface area (Å²) < 4.78 is 0. The van der Waals surface area contributed by atoms with Crippen molar-refractivity contribution in [3.8, 4) is 0 Å². The molecule has 3 N–H and O–H groups in total. The maximum atomic E-state index is 5.53.